The third-order valence-corrected chi connectivity index (χ3v) is 3.64. The molecule has 0 atom stereocenters. The van der Waals surface area contributed by atoms with Crippen LogP contribution >= 0.6 is 15.9 Å². The highest BCUT2D eigenvalue weighted by atomic mass is 79.9. The van der Waals surface area contributed by atoms with Crippen molar-refractivity contribution in [2.45, 2.75) is 45.4 Å². The standard InChI is InChI=1S/C14H16BrF3N2O2/c1-13(2,3)22-12(21)20-6-4-5-9-10(20)7-8(11(15)19-9)14(16,17)18/h7H,4-6H2,1-3H3. The lowest BCUT2D eigenvalue weighted by Crippen LogP contribution is -2.40. The van der Waals surface area contributed by atoms with Crippen LogP contribution < -0.4 is 4.90 Å². The van der Waals surface area contributed by atoms with Gasteiger partial charge in [-0.3, -0.25) is 4.90 Å². The molecule has 2 rings (SSSR count). The summed E-state index contributed by atoms with van der Waals surface area (Å²) in [6.45, 7) is 5.42. The van der Waals surface area contributed by atoms with E-state index in [0.29, 0.717) is 25.1 Å². The number of hydrogen-bond donors (Lipinski definition) is 0. The number of carbonyl (C=O) groups excluding carboxylic acids is 1. The molecule has 0 saturated heterocycles. The molecule has 22 heavy (non-hydrogen) atoms. The molecule has 4 nitrogen and oxygen atoms in total. The SMILES string of the molecule is CC(C)(C)OC(=O)N1CCCc2nc(Br)c(C(F)(F)F)cc21. The first-order valence-corrected chi connectivity index (χ1v) is 7.55. The number of nitrogens with zero attached hydrogens (tertiary/aromatic N) is 2. The van der Waals surface area contributed by atoms with Gasteiger partial charge in [0, 0.05) is 6.54 Å². The minimum Gasteiger partial charge on any atom is -0.443 e. The average molecular weight is 381 g/mol. The zero-order valence-electron chi connectivity index (χ0n) is 12.4. The second-order valence-electron chi connectivity index (χ2n) is 6.03. The average Bonchev–Trinajstić information content (AvgIpc) is 2.33. The largest absolute Gasteiger partial charge is 0.443 e. The van der Waals surface area contributed by atoms with Crippen molar-refractivity contribution in [2.24, 2.45) is 0 Å². The van der Waals surface area contributed by atoms with E-state index in [1.54, 1.807) is 20.8 Å². The second kappa shape index (κ2) is 5.72. The van der Waals surface area contributed by atoms with Crippen LogP contribution in [0.3, 0.4) is 0 Å². The number of aromatic nitrogens is 1. The van der Waals surface area contributed by atoms with Crippen LogP contribution in [0, 0.1) is 0 Å². The van der Waals surface area contributed by atoms with E-state index in [4.69, 9.17) is 4.74 Å². The van der Waals surface area contributed by atoms with E-state index in [0.717, 1.165) is 6.07 Å². The first kappa shape index (κ1) is 17.1. The van der Waals surface area contributed by atoms with Crippen molar-refractivity contribution in [1.82, 2.24) is 4.98 Å². The van der Waals surface area contributed by atoms with Crippen molar-refractivity contribution < 1.29 is 22.7 Å². The summed E-state index contributed by atoms with van der Waals surface area (Å²) in [5, 5.41) is 0. The fourth-order valence-electron chi connectivity index (χ4n) is 2.16. The lowest BCUT2D eigenvalue weighted by molar-refractivity contribution is -0.138. The molecule has 0 bridgehead atoms. The Kier molecular flexibility index (Phi) is 4.43. The molecule has 2 heterocycles. The first-order chi connectivity index (χ1) is 9.99. The van der Waals surface area contributed by atoms with Gasteiger partial charge in [0.2, 0.25) is 0 Å². The molecule has 0 aliphatic carbocycles. The zero-order chi connectivity index (χ0) is 16.7. The quantitative estimate of drug-likeness (QED) is 0.620. The number of alkyl halides is 3. The van der Waals surface area contributed by atoms with Gasteiger partial charge in [0.25, 0.3) is 0 Å². The number of fused-ring (bicyclic) bond motifs is 1. The number of hydrogen-bond acceptors (Lipinski definition) is 3. The van der Waals surface area contributed by atoms with Crippen molar-refractivity contribution in [3.63, 3.8) is 0 Å². The topological polar surface area (TPSA) is 42.4 Å². The molecule has 0 aromatic carbocycles. The predicted molar refractivity (Wildman–Crippen MR) is 78.8 cm³/mol. The van der Waals surface area contributed by atoms with Gasteiger partial charge in [0.05, 0.1) is 16.9 Å². The maximum atomic E-state index is 13.0. The summed E-state index contributed by atoms with van der Waals surface area (Å²) in [6, 6.07) is 0.954. The molecule has 1 aliphatic heterocycles. The number of amides is 1. The van der Waals surface area contributed by atoms with Gasteiger partial charge in [-0.15, -0.1) is 0 Å². The molecular formula is C14H16BrF3N2O2. The van der Waals surface area contributed by atoms with Crippen molar-refractivity contribution >= 4 is 27.7 Å². The smallest absolute Gasteiger partial charge is 0.419 e. The van der Waals surface area contributed by atoms with E-state index in [2.05, 4.69) is 20.9 Å². The number of carbonyl (C=O) groups is 1. The Morgan fingerprint density at radius 3 is 2.55 bits per heavy atom. The Hall–Kier alpha value is -1.31. The van der Waals surface area contributed by atoms with Crippen LogP contribution in [0.2, 0.25) is 0 Å². The molecule has 0 N–H and O–H groups in total. The molecule has 1 amide bonds. The highest BCUT2D eigenvalue weighted by Gasteiger charge is 2.37. The van der Waals surface area contributed by atoms with E-state index < -0.39 is 23.4 Å². The summed E-state index contributed by atoms with van der Waals surface area (Å²) in [5.74, 6) is 0. The van der Waals surface area contributed by atoms with Crippen LogP contribution in [0.4, 0.5) is 23.7 Å². The number of ether oxygens (including phenoxy) is 1. The molecule has 1 aromatic rings. The molecule has 0 saturated carbocycles. The maximum absolute atomic E-state index is 13.0. The van der Waals surface area contributed by atoms with Crippen molar-refractivity contribution in [3.8, 4) is 0 Å². The molecule has 122 valence electrons. The minimum atomic E-state index is -4.54. The van der Waals surface area contributed by atoms with Crippen LogP contribution in [-0.2, 0) is 17.3 Å². The van der Waals surface area contributed by atoms with E-state index in [-0.39, 0.29) is 10.3 Å². The molecule has 0 unspecified atom stereocenters. The molecule has 8 heteroatoms. The van der Waals surface area contributed by atoms with Gasteiger partial charge in [0.1, 0.15) is 10.2 Å². The Balaban J connectivity index is 2.43. The molecule has 1 aliphatic rings. The third kappa shape index (κ3) is 3.71. The summed E-state index contributed by atoms with van der Waals surface area (Å²) in [7, 11) is 0. The molecule has 0 radical (unpaired) electrons. The summed E-state index contributed by atoms with van der Waals surface area (Å²) < 4.78 is 44.0. The van der Waals surface area contributed by atoms with Crippen molar-refractivity contribution in [3.05, 3.63) is 21.9 Å². The Bertz CT molecular complexity index is 597. The molecule has 0 fully saturated rings. The number of rotatable bonds is 0. The highest BCUT2D eigenvalue weighted by molar-refractivity contribution is 9.10. The van der Waals surface area contributed by atoms with Gasteiger partial charge in [-0.1, -0.05) is 0 Å². The van der Waals surface area contributed by atoms with Gasteiger partial charge in [-0.25, -0.2) is 9.78 Å². The number of aryl methyl sites for hydroxylation is 1. The van der Waals surface area contributed by atoms with Crippen LogP contribution in [0.15, 0.2) is 10.7 Å². The predicted octanol–water partition coefficient (Wildman–Crippen LogP) is 4.55. The summed E-state index contributed by atoms with van der Waals surface area (Å²) in [6.07, 6.45) is -4.06. The van der Waals surface area contributed by atoms with E-state index in [9.17, 15) is 18.0 Å². The molecule has 0 spiro atoms. The monoisotopic (exact) mass is 380 g/mol. The Morgan fingerprint density at radius 2 is 2.00 bits per heavy atom. The fourth-order valence-corrected chi connectivity index (χ4v) is 2.72. The van der Waals surface area contributed by atoms with Crippen LogP contribution in [0.1, 0.15) is 38.4 Å². The van der Waals surface area contributed by atoms with Crippen LogP contribution in [0.5, 0.6) is 0 Å². The third-order valence-electron chi connectivity index (χ3n) is 3.04. The van der Waals surface area contributed by atoms with Gasteiger partial charge in [-0.05, 0) is 55.6 Å². The van der Waals surface area contributed by atoms with Gasteiger partial charge in [-0.2, -0.15) is 13.2 Å². The first-order valence-electron chi connectivity index (χ1n) is 6.76. The maximum Gasteiger partial charge on any atom is 0.419 e. The Morgan fingerprint density at radius 1 is 1.36 bits per heavy atom. The van der Waals surface area contributed by atoms with E-state index in [1.807, 2.05) is 0 Å². The number of halogens is 4. The second-order valence-corrected chi connectivity index (χ2v) is 6.78. The van der Waals surface area contributed by atoms with Gasteiger partial charge in [0.15, 0.2) is 0 Å². The zero-order valence-corrected chi connectivity index (χ0v) is 14.0. The van der Waals surface area contributed by atoms with Crippen LogP contribution in [-0.4, -0.2) is 23.2 Å². The lowest BCUT2D eigenvalue weighted by atomic mass is 10.1. The van der Waals surface area contributed by atoms with Gasteiger partial charge < -0.3 is 4.74 Å². The molecule has 1 aromatic heterocycles. The minimum absolute atomic E-state index is 0.163. The lowest BCUT2D eigenvalue weighted by Gasteiger charge is -2.31. The number of pyridine rings is 1. The van der Waals surface area contributed by atoms with Crippen molar-refractivity contribution in [1.29, 1.82) is 0 Å². The van der Waals surface area contributed by atoms with E-state index >= 15 is 0 Å². The van der Waals surface area contributed by atoms with E-state index in [1.165, 1.54) is 4.90 Å². The Labute approximate surface area is 134 Å². The summed E-state index contributed by atoms with van der Waals surface area (Å²) >= 11 is 2.85. The van der Waals surface area contributed by atoms with Crippen molar-refractivity contribution in [2.75, 3.05) is 11.4 Å². The normalized spacial score (nSPS) is 15.5. The molecular weight excluding hydrogens is 365 g/mol. The van der Waals surface area contributed by atoms with Gasteiger partial charge >= 0.3 is 12.3 Å². The summed E-state index contributed by atoms with van der Waals surface area (Å²) in [4.78, 5) is 17.4. The summed E-state index contributed by atoms with van der Waals surface area (Å²) in [5.41, 5.74) is -1.00. The highest BCUT2D eigenvalue weighted by Crippen LogP contribution is 2.39. The van der Waals surface area contributed by atoms with Crippen LogP contribution in [0.25, 0.3) is 0 Å². The number of anilines is 1. The fraction of sp³-hybridized carbons (Fsp3) is 0.571.